The molecule has 6 aromatic carbocycles. The minimum atomic E-state index is 0.618. The van der Waals surface area contributed by atoms with Crippen molar-refractivity contribution in [1.29, 1.82) is 5.26 Å². The van der Waals surface area contributed by atoms with Gasteiger partial charge in [0, 0.05) is 27.1 Å². The Morgan fingerprint density at radius 3 is 1.95 bits per heavy atom. The molecule has 0 aliphatic heterocycles. The third kappa shape index (κ3) is 3.37. The highest BCUT2D eigenvalue weighted by atomic mass is 16.3. The van der Waals surface area contributed by atoms with Crippen LogP contribution in [0.25, 0.3) is 77.3 Å². The minimum absolute atomic E-state index is 0.618. The molecule has 8 rings (SSSR count). The van der Waals surface area contributed by atoms with Gasteiger partial charge in [-0.1, -0.05) is 91.0 Å². The zero-order valence-electron chi connectivity index (χ0n) is 21.4. The lowest BCUT2D eigenvalue weighted by Crippen LogP contribution is -1.91. The lowest BCUT2D eigenvalue weighted by atomic mass is 9.86. The molecule has 186 valence electrons. The standard InChI is InChI=1S/C37H21NO2/c38-22-23-8-5-9-25(20-23)36-26(24-18-19-29-27-10-1-3-16-33(27)39-35(29)21-24)12-6-13-30(36)32-15-7-14-31-28-11-2-4-17-34(28)40-37(31)32/h1-21H. The van der Waals surface area contributed by atoms with Crippen LogP contribution < -0.4 is 0 Å². The number of furan rings is 2. The first-order chi connectivity index (χ1) is 19.8. The Morgan fingerprint density at radius 2 is 1.10 bits per heavy atom. The van der Waals surface area contributed by atoms with Gasteiger partial charge in [-0.2, -0.15) is 5.26 Å². The van der Waals surface area contributed by atoms with E-state index in [9.17, 15) is 5.26 Å². The first-order valence-corrected chi connectivity index (χ1v) is 13.2. The van der Waals surface area contributed by atoms with E-state index in [-0.39, 0.29) is 0 Å². The van der Waals surface area contributed by atoms with Gasteiger partial charge < -0.3 is 8.83 Å². The van der Waals surface area contributed by atoms with Crippen LogP contribution in [0.1, 0.15) is 5.56 Å². The number of hydrogen-bond donors (Lipinski definition) is 0. The lowest BCUT2D eigenvalue weighted by Gasteiger charge is -2.17. The molecule has 0 fully saturated rings. The van der Waals surface area contributed by atoms with E-state index in [0.29, 0.717) is 5.56 Å². The van der Waals surface area contributed by atoms with Crippen LogP contribution >= 0.6 is 0 Å². The summed E-state index contributed by atoms with van der Waals surface area (Å²) in [6.07, 6.45) is 0. The molecule has 3 heteroatoms. The second kappa shape index (κ2) is 8.73. The quantitative estimate of drug-likeness (QED) is 0.237. The zero-order valence-corrected chi connectivity index (χ0v) is 21.4. The molecule has 40 heavy (non-hydrogen) atoms. The zero-order chi connectivity index (χ0) is 26.6. The van der Waals surface area contributed by atoms with E-state index in [4.69, 9.17) is 8.83 Å². The molecule has 3 nitrogen and oxygen atoms in total. The summed E-state index contributed by atoms with van der Waals surface area (Å²) in [5, 5.41) is 14.1. The molecule has 0 radical (unpaired) electrons. The molecular formula is C37H21NO2. The highest BCUT2D eigenvalue weighted by Crippen LogP contribution is 2.44. The molecule has 0 saturated heterocycles. The van der Waals surface area contributed by atoms with E-state index in [1.54, 1.807) is 0 Å². The fraction of sp³-hybridized carbons (Fsp3) is 0. The molecule has 2 aromatic heterocycles. The maximum absolute atomic E-state index is 9.71. The van der Waals surface area contributed by atoms with Crippen molar-refractivity contribution >= 4 is 43.9 Å². The summed E-state index contributed by atoms with van der Waals surface area (Å²) < 4.78 is 12.7. The molecule has 0 saturated carbocycles. The van der Waals surface area contributed by atoms with Gasteiger partial charge in [-0.15, -0.1) is 0 Å². The van der Waals surface area contributed by atoms with Crippen LogP contribution in [-0.2, 0) is 0 Å². The van der Waals surface area contributed by atoms with Crippen LogP contribution in [0.3, 0.4) is 0 Å². The summed E-state index contributed by atoms with van der Waals surface area (Å²) in [5.74, 6) is 0. The highest BCUT2D eigenvalue weighted by Gasteiger charge is 2.19. The fourth-order valence-electron chi connectivity index (χ4n) is 5.93. The molecule has 0 spiro atoms. The number of rotatable bonds is 3. The Kier molecular flexibility index (Phi) is 4.89. The van der Waals surface area contributed by atoms with Crippen molar-refractivity contribution in [3.63, 3.8) is 0 Å². The minimum Gasteiger partial charge on any atom is -0.456 e. The largest absolute Gasteiger partial charge is 0.456 e. The molecular weight excluding hydrogens is 490 g/mol. The van der Waals surface area contributed by atoms with Crippen LogP contribution in [0.5, 0.6) is 0 Å². The average molecular weight is 512 g/mol. The number of hydrogen-bond acceptors (Lipinski definition) is 3. The van der Waals surface area contributed by atoms with Gasteiger partial charge in [-0.3, -0.25) is 0 Å². The maximum atomic E-state index is 9.71. The Morgan fingerprint density at radius 1 is 0.450 bits per heavy atom. The second-order valence-electron chi connectivity index (χ2n) is 10.0. The summed E-state index contributed by atoms with van der Waals surface area (Å²) >= 11 is 0. The van der Waals surface area contributed by atoms with Crippen molar-refractivity contribution in [1.82, 2.24) is 0 Å². The first kappa shape index (κ1) is 22.4. The molecule has 0 aliphatic carbocycles. The number of para-hydroxylation sites is 3. The van der Waals surface area contributed by atoms with Crippen LogP contribution in [0, 0.1) is 11.3 Å². The van der Waals surface area contributed by atoms with E-state index in [1.807, 2.05) is 54.6 Å². The van der Waals surface area contributed by atoms with Crippen molar-refractivity contribution in [2.75, 3.05) is 0 Å². The van der Waals surface area contributed by atoms with Gasteiger partial charge in [0.15, 0.2) is 0 Å². The molecule has 8 aromatic rings. The van der Waals surface area contributed by atoms with Gasteiger partial charge in [0.1, 0.15) is 22.3 Å². The van der Waals surface area contributed by atoms with E-state index in [1.165, 1.54) is 0 Å². The third-order valence-corrected chi connectivity index (χ3v) is 7.73. The van der Waals surface area contributed by atoms with Crippen LogP contribution in [-0.4, -0.2) is 0 Å². The van der Waals surface area contributed by atoms with Gasteiger partial charge >= 0.3 is 0 Å². The Balaban J connectivity index is 1.43. The summed E-state index contributed by atoms with van der Waals surface area (Å²) in [7, 11) is 0. The van der Waals surface area contributed by atoms with E-state index in [2.05, 4.69) is 78.9 Å². The predicted molar refractivity (Wildman–Crippen MR) is 162 cm³/mol. The monoisotopic (exact) mass is 511 g/mol. The van der Waals surface area contributed by atoms with Gasteiger partial charge in [-0.25, -0.2) is 0 Å². The van der Waals surface area contributed by atoms with E-state index < -0.39 is 0 Å². The topological polar surface area (TPSA) is 50.1 Å². The van der Waals surface area contributed by atoms with Crippen molar-refractivity contribution in [3.05, 3.63) is 133 Å². The van der Waals surface area contributed by atoms with Crippen LogP contribution in [0.4, 0.5) is 0 Å². The molecule has 0 aliphatic rings. The van der Waals surface area contributed by atoms with Crippen molar-refractivity contribution in [2.24, 2.45) is 0 Å². The Bertz CT molecular complexity index is 2290. The summed E-state index contributed by atoms with van der Waals surface area (Å²) in [6.45, 7) is 0. The lowest BCUT2D eigenvalue weighted by molar-refractivity contribution is 0.669. The summed E-state index contributed by atoms with van der Waals surface area (Å²) in [6, 6.07) is 45.5. The molecule has 0 bridgehead atoms. The first-order valence-electron chi connectivity index (χ1n) is 13.2. The van der Waals surface area contributed by atoms with Gasteiger partial charge in [0.25, 0.3) is 0 Å². The van der Waals surface area contributed by atoms with E-state index >= 15 is 0 Å². The summed E-state index contributed by atoms with van der Waals surface area (Å²) in [4.78, 5) is 0. The smallest absolute Gasteiger partial charge is 0.143 e. The van der Waals surface area contributed by atoms with Gasteiger partial charge in [0.2, 0.25) is 0 Å². The van der Waals surface area contributed by atoms with E-state index in [0.717, 1.165) is 77.3 Å². The van der Waals surface area contributed by atoms with Crippen molar-refractivity contribution in [2.45, 2.75) is 0 Å². The Labute approximate surface area is 230 Å². The van der Waals surface area contributed by atoms with Crippen molar-refractivity contribution in [3.8, 4) is 39.4 Å². The van der Waals surface area contributed by atoms with Gasteiger partial charge in [0.05, 0.1) is 11.6 Å². The number of fused-ring (bicyclic) bond motifs is 6. The molecule has 0 amide bonds. The van der Waals surface area contributed by atoms with Gasteiger partial charge in [-0.05, 0) is 64.2 Å². The fourth-order valence-corrected chi connectivity index (χ4v) is 5.93. The second-order valence-corrected chi connectivity index (χ2v) is 10.0. The number of nitriles is 1. The highest BCUT2D eigenvalue weighted by molar-refractivity contribution is 6.12. The van der Waals surface area contributed by atoms with Crippen molar-refractivity contribution < 1.29 is 8.83 Å². The molecule has 0 unspecified atom stereocenters. The predicted octanol–water partition coefficient (Wildman–Crippen LogP) is 10.4. The SMILES string of the molecule is N#Cc1cccc(-c2c(-c3ccc4c(c3)oc3ccccc34)cccc2-c2cccc3c2oc2ccccc23)c1. The van der Waals surface area contributed by atoms with Crippen LogP contribution in [0.15, 0.2) is 136 Å². The molecule has 0 atom stereocenters. The van der Waals surface area contributed by atoms with Crippen LogP contribution in [0.2, 0.25) is 0 Å². The number of benzene rings is 6. The summed E-state index contributed by atoms with van der Waals surface area (Å²) in [5.41, 5.74) is 10.2. The third-order valence-electron chi connectivity index (χ3n) is 7.73. The Hall–Kier alpha value is -5.59. The average Bonchev–Trinajstić information content (AvgIpc) is 3.58. The number of nitrogens with zero attached hydrogens (tertiary/aromatic N) is 1. The maximum Gasteiger partial charge on any atom is 0.143 e. The molecule has 0 N–H and O–H groups in total. The molecule has 2 heterocycles. The normalized spacial score (nSPS) is 11.5.